The van der Waals surface area contributed by atoms with Gasteiger partial charge in [-0.1, -0.05) is 17.3 Å². The van der Waals surface area contributed by atoms with Gasteiger partial charge < -0.3 is 25.0 Å². The van der Waals surface area contributed by atoms with Gasteiger partial charge in [0, 0.05) is 37.4 Å². The van der Waals surface area contributed by atoms with E-state index in [1.807, 2.05) is 19.9 Å². The predicted octanol–water partition coefficient (Wildman–Crippen LogP) is 2.55. The van der Waals surface area contributed by atoms with Crippen molar-refractivity contribution in [3.05, 3.63) is 46.6 Å². The number of aliphatic hydroxyl groups excluding tert-OH is 2. The van der Waals surface area contributed by atoms with Crippen LogP contribution in [0.25, 0.3) is 22.8 Å². The van der Waals surface area contributed by atoms with Crippen LogP contribution < -0.4 is 5.32 Å². The van der Waals surface area contributed by atoms with Gasteiger partial charge in [0.05, 0.1) is 23.8 Å². The lowest BCUT2D eigenvalue weighted by Gasteiger charge is -2.21. The summed E-state index contributed by atoms with van der Waals surface area (Å²) < 4.78 is 5.53. The molecule has 1 atom stereocenters. The van der Waals surface area contributed by atoms with E-state index >= 15 is 0 Å². The van der Waals surface area contributed by atoms with Crippen LogP contribution in [0.3, 0.4) is 0 Å². The average molecular weight is 463 g/mol. The number of nitrogens with zero attached hydrogens (tertiary/aromatic N) is 5. The normalized spacial score (nSPS) is 15.0. The van der Waals surface area contributed by atoms with Gasteiger partial charge in [0.1, 0.15) is 11.9 Å². The van der Waals surface area contributed by atoms with E-state index in [0.29, 0.717) is 35.2 Å². The first-order valence-electron chi connectivity index (χ1n) is 11.5. The Labute approximate surface area is 199 Å². The Morgan fingerprint density at radius 1 is 1.26 bits per heavy atom. The fraction of sp³-hybridized carbons (Fsp3) is 0.440. The van der Waals surface area contributed by atoms with Crippen molar-refractivity contribution in [2.45, 2.75) is 45.8 Å². The molecule has 3 heterocycles. The second kappa shape index (κ2) is 10.3. The summed E-state index contributed by atoms with van der Waals surface area (Å²) in [6.45, 7) is 7.93. The molecule has 9 heteroatoms. The molecule has 9 nitrogen and oxygen atoms in total. The zero-order valence-corrected chi connectivity index (χ0v) is 19.7. The van der Waals surface area contributed by atoms with Gasteiger partial charge in [0.2, 0.25) is 5.82 Å². The Morgan fingerprint density at radius 3 is 2.79 bits per heavy atom. The molecule has 0 bridgehead atoms. The van der Waals surface area contributed by atoms with Gasteiger partial charge in [0.25, 0.3) is 5.89 Å². The maximum absolute atomic E-state index is 9.80. The van der Waals surface area contributed by atoms with E-state index in [2.05, 4.69) is 44.4 Å². The van der Waals surface area contributed by atoms with Crippen molar-refractivity contribution >= 4 is 5.82 Å². The van der Waals surface area contributed by atoms with Gasteiger partial charge in [-0.15, -0.1) is 0 Å². The van der Waals surface area contributed by atoms with Crippen molar-refractivity contribution in [2.75, 3.05) is 31.6 Å². The van der Waals surface area contributed by atoms with Gasteiger partial charge in [0.15, 0.2) is 0 Å². The Bertz CT molecular complexity index is 1200. The molecule has 0 saturated heterocycles. The monoisotopic (exact) mass is 462 g/mol. The highest BCUT2D eigenvalue weighted by Crippen LogP contribution is 2.30. The first-order valence-corrected chi connectivity index (χ1v) is 11.5. The molecular weight excluding hydrogens is 432 g/mol. The van der Waals surface area contributed by atoms with Gasteiger partial charge in [-0.3, -0.25) is 0 Å². The van der Waals surface area contributed by atoms with Crippen molar-refractivity contribution in [1.29, 1.82) is 5.26 Å². The number of nitriles is 1. The van der Waals surface area contributed by atoms with Crippen LogP contribution in [0.15, 0.2) is 28.9 Å². The van der Waals surface area contributed by atoms with Crippen LogP contribution in [0.1, 0.15) is 36.1 Å². The summed E-state index contributed by atoms with van der Waals surface area (Å²) in [5, 5.41) is 35.8. The highest BCUT2D eigenvalue weighted by atomic mass is 16.5. The lowest BCUT2D eigenvalue weighted by atomic mass is 9.93. The summed E-state index contributed by atoms with van der Waals surface area (Å²) in [4.78, 5) is 11.1. The minimum atomic E-state index is -0.720. The zero-order valence-electron chi connectivity index (χ0n) is 19.7. The van der Waals surface area contributed by atoms with Crippen molar-refractivity contribution < 1.29 is 14.7 Å². The number of aromatic nitrogens is 3. The zero-order chi connectivity index (χ0) is 24.2. The van der Waals surface area contributed by atoms with E-state index in [4.69, 9.17) is 9.63 Å². The smallest absolute Gasteiger partial charge is 0.259 e. The number of nitrogens with one attached hydrogen (secondary N) is 1. The number of hydrogen-bond donors (Lipinski definition) is 3. The number of pyridine rings is 1. The molecule has 34 heavy (non-hydrogen) atoms. The molecule has 0 spiro atoms. The highest BCUT2D eigenvalue weighted by molar-refractivity contribution is 5.67. The van der Waals surface area contributed by atoms with Crippen LogP contribution in [-0.2, 0) is 12.8 Å². The number of rotatable bonds is 7. The minimum absolute atomic E-state index is 0.156. The number of benzene rings is 1. The number of fused-ring (bicyclic) bond motifs is 1. The third-order valence-corrected chi connectivity index (χ3v) is 6.10. The van der Waals surface area contributed by atoms with Gasteiger partial charge in [-0.2, -0.15) is 10.2 Å². The average Bonchev–Trinajstić information content (AvgIpc) is 3.22. The maximum Gasteiger partial charge on any atom is 0.259 e. The molecule has 1 aromatic carbocycles. The third kappa shape index (κ3) is 5.09. The highest BCUT2D eigenvalue weighted by Gasteiger charge is 2.21. The van der Waals surface area contributed by atoms with Crippen LogP contribution in [0, 0.1) is 18.3 Å². The van der Waals surface area contributed by atoms with Crippen LogP contribution in [0.4, 0.5) is 5.82 Å². The lowest BCUT2D eigenvalue weighted by molar-refractivity contribution is 0.0604. The molecule has 0 aliphatic carbocycles. The molecule has 0 radical (unpaired) electrons. The SMILES string of the molecule is Cc1c(-c2noc(-c3cnc(NC(C)C)c(C#N)c3)n2)ccc2c1CCN(C[C@H](O)CO)CC2. The summed E-state index contributed by atoms with van der Waals surface area (Å²) in [7, 11) is 0. The molecule has 0 unspecified atom stereocenters. The van der Waals surface area contributed by atoms with E-state index in [1.165, 1.54) is 11.1 Å². The summed E-state index contributed by atoms with van der Waals surface area (Å²) in [6.07, 6.45) is 2.63. The molecule has 0 saturated carbocycles. The molecule has 3 aromatic rings. The Kier molecular flexibility index (Phi) is 7.22. The minimum Gasteiger partial charge on any atom is -0.394 e. The second-order valence-corrected chi connectivity index (χ2v) is 8.97. The molecule has 0 fully saturated rings. The molecule has 1 aliphatic heterocycles. The Morgan fingerprint density at radius 2 is 2.06 bits per heavy atom. The van der Waals surface area contributed by atoms with E-state index in [0.717, 1.165) is 37.1 Å². The largest absolute Gasteiger partial charge is 0.394 e. The molecule has 3 N–H and O–H groups in total. The van der Waals surface area contributed by atoms with Crippen LogP contribution in [-0.4, -0.2) is 68.6 Å². The quantitative estimate of drug-likeness (QED) is 0.485. The van der Waals surface area contributed by atoms with Crippen molar-refractivity contribution in [2.24, 2.45) is 0 Å². The molecular formula is C25H30N6O3. The van der Waals surface area contributed by atoms with Crippen molar-refractivity contribution in [3.8, 4) is 28.9 Å². The van der Waals surface area contributed by atoms with Crippen molar-refractivity contribution in [3.63, 3.8) is 0 Å². The van der Waals surface area contributed by atoms with Gasteiger partial charge in [-0.25, -0.2) is 4.98 Å². The first kappa shape index (κ1) is 23.8. The fourth-order valence-corrected chi connectivity index (χ4v) is 4.34. The van der Waals surface area contributed by atoms with Gasteiger partial charge in [-0.05, 0) is 56.4 Å². The summed E-state index contributed by atoms with van der Waals surface area (Å²) in [6, 6.07) is 8.16. The lowest BCUT2D eigenvalue weighted by Crippen LogP contribution is -2.36. The summed E-state index contributed by atoms with van der Waals surface area (Å²) in [5.41, 5.74) is 5.58. The molecule has 4 rings (SSSR count). The van der Waals surface area contributed by atoms with Gasteiger partial charge >= 0.3 is 0 Å². The molecule has 178 valence electrons. The number of β-amino-alcohol motifs (C(OH)–C–C–N with tert-alkyl or cyclic N) is 1. The number of hydrogen-bond acceptors (Lipinski definition) is 9. The van der Waals surface area contributed by atoms with Crippen LogP contribution >= 0.6 is 0 Å². The van der Waals surface area contributed by atoms with E-state index < -0.39 is 6.10 Å². The van der Waals surface area contributed by atoms with Crippen LogP contribution in [0.2, 0.25) is 0 Å². The maximum atomic E-state index is 9.80. The fourth-order valence-electron chi connectivity index (χ4n) is 4.34. The van der Waals surface area contributed by atoms with E-state index in [-0.39, 0.29) is 12.6 Å². The topological polar surface area (TPSA) is 131 Å². The first-order chi connectivity index (χ1) is 16.4. The standard InChI is InChI=1S/C25H30N6O3/c1-15(2)28-23-18(11-26)10-19(12-27-23)25-29-24(30-34-25)22-5-4-17-6-8-31(13-20(33)14-32)9-7-21(17)16(22)3/h4-5,10,12,15,20,32-33H,6-9,13-14H2,1-3H3,(H,27,28)/t20-/m0/s1. The Hall–Kier alpha value is -3.32. The third-order valence-electron chi connectivity index (χ3n) is 6.10. The van der Waals surface area contributed by atoms with E-state index in [9.17, 15) is 10.4 Å². The summed E-state index contributed by atoms with van der Waals surface area (Å²) in [5.74, 6) is 1.34. The second-order valence-electron chi connectivity index (χ2n) is 8.97. The molecule has 2 aromatic heterocycles. The molecule has 1 aliphatic rings. The van der Waals surface area contributed by atoms with Crippen LogP contribution in [0.5, 0.6) is 0 Å². The van der Waals surface area contributed by atoms with Crippen molar-refractivity contribution in [1.82, 2.24) is 20.0 Å². The molecule has 0 amide bonds. The number of aliphatic hydroxyl groups is 2. The Balaban J connectivity index is 1.58. The number of anilines is 1. The van der Waals surface area contributed by atoms with E-state index in [1.54, 1.807) is 12.3 Å². The summed E-state index contributed by atoms with van der Waals surface area (Å²) >= 11 is 0. The predicted molar refractivity (Wildman–Crippen MR) is 128 cm³/mol.